The van der Waals surface area contributed by atoms with Crippen molar-refractivity contribution in [2.75, 3.05) is 26.0 Å². The SMILES string of the molecule is CCCC[Si](C)(C)O[Si](C)(C)CCCNC(=O)C(C(=O)O)(C(=O)O)C(=O)Nc1ccc(C2(C)CC(C)(C)c3ccccc32)cc1.CNC(=O)C(C(=O)O)(C(=O)O)C(=O)NC. The molecule has 17 nitrogen and oxygen atoms in total. The highest BCUT2D eigenvalue weighted by atomic mass is 28.4. The summed E-state index contributed by atoms with van der Waals surface area (Å²) in [7, 11) is -1.83. The maximum absolute atomic E-state index is 13.3. The summed E-state index contributed by atoms with van der Waals surface area (Å²) in [4.78, 5) is 95.0. The monoisotopic (exact) mass is 872 g/mol. The van der Waals surface area contributed by atoms with Crippen LogP contribution in [-0.2, 0) is 53.3 Å². The van der Waals surface area contributed by atoms with Crippen molar-refractivity contribution in [1.82, 2.24) is 16.0 Å². The molecular formula is C41H60N4O13Si2. The number of carbonyl (C=O) groups is 8. The lowest BCUT2D eigenvalue weighted by atomic mass is 9.75. The number of benzene rings is 2. The number of hydrogen-bond donors (Lipinski definition) is 8. The Balaban J connectivity index is 0.000000700. The van der Waals surface area contributed by atoms with Crippen molar-refractivity contribution in [3.8, 4) is 0 Å². The highest BCUT2D eigenvalue weighted by Gasteiger charge is 2.61. The molecule has 0 fully saturated rings. The molecule has 330 valence electrons. The zero-order valence-electron chi connectivity index (χ0n) is 36.0. The third kappa shape index (κ3) is 10.7. The fourth-order valence-corrected chi connectivity index (χ4v) is 16.9. The van der Waals surface area contributed by atoms with Crippen molar-refractivity contribution in [1.29, 1.82) is 0 Å². The molecule has 0 saturated heterocycles. The Morgan fingerprint density at radius 2 is 1.08 bits per heavy atom. The minimum atomic E-state index is -3.35. The van der Waals surface area contributed by atoms with Crippen molar-refractivity contribution in [2.45, 2.75) is 102 Å². The van der Waals surface area contributed by atoms with Gasteiger partial charge in [-0.05, 0) is 85.4 Å². The Kier molecular flexibility index (Phi) is 16.7. The predicted molar refractivity (Wildman–Crippen MR) is 227 cm³/mol. The van der Waals surface area contributed by atoms with Crippen molar-refractivity contribution in [2.24, 2.45) is 10.8 Å². The van der Waals surface area contributed by atoms with Crippen LogP contribution in [0.3, 0.4) is 0 Å². The molecule has 0 radical (unpaired) electrons. The van der Waals surface area contributed by atoms with Crippen LogP contribution in [0.15, 0.2) is 48.5 Å². The van der Waals surface area contributed by atoms with Gasteiger partial charge in [-0.1, -0.05) is 76.9 Å². The molecule has 4 amide bonds. The van der Waals surface area contributed by atoms with Gasteiger partial charge < -0.3 is 45.8 Å². The molecule has 60 heavy (non-hydrogen) atoms. The second-order valence-electron chi connectivity index (χ2n) is 16.9. The first kappa shape index (κ1) is 50.7. The zero-order valence-corrected chi connectivity index (χ0v) is 38.0. The van der Waals surface area contributed by atoms with Crippen molar-refractivity contribution < 1.29 is 62.9 Å². The molecule has 1 unspecified atom stereocenters. The summed E-state index contributed by atoms with van der Waals surface area (Å²) >= 11 is 0. The molecule has 1 aliphatic carbocycles. The van der Waals surface area contributed by atoms with Crippen LogP contribution < -0.4 is 21.3 Å². The fraction of sp³-hybridized carbons (Fsp3) is 0.512. The van der Waals surface area contributed by atoms with Crippen LogP contribution in [0, 0.1) is 10.8 Å². The van der Waals surface area contributed by atoms with Gasteiger partial charge >= 0.3 is 34.7 Å². The number of carboxylic acids is 4. The van der Waals surface area contributed by atoms with E-state index in [2.05, 4.69) is 76.6 Å². The van der Waals surface area contributed by atoms with Crippen LogP contribution in [-0.4, -0.2) is 105 Å². The lowest BCUT2D eigenvalue weighted by Gasteiger charge is -2.34. The summed E-state index contributed by atoms with van der Waals surface area (Å²) in [6, 6.07) is 17.0. The van der Waals surface area contributed by atoms with Crippen molar-refractivity contribution in [3.05, 3.63) is 65.2 Å². The van der Waals surface area contributed by atoms with Gasteiger partial charge in [-0.25, -0.2) is 19.2 Å². The van der Waals surface area contributed by atoms with Crippen LogP contribution in [0.25, 0.3) is 0 Å². The van der Waals surface area contributed by atoms with Crippen LogP contribution in [0.2, 0.25) is 38.3 Å². The minimum Gasteiger partial charge on any atom is -0.480 e. The van der Waals surface area contributed by atoms with E-state index < -0.39 is 75.0 Å². The number of nitrogens with one attached hydrogen (secondary N) is 4. The number of aliphatic carboxylic acids is 4. The summed E-state index contributed by atoms with van der Waals surface area (Å²) in [5, 5.41) is 45.7. The molecular weight excluding hydrogens is 813 g/mol. The number of anilines is 1. The Morgan fingerprint density at radius 1 is 0.650 bits per heavy atom. The molecule has 0 bridgehead atoms. The quantitative estimate of drug-likeness (QED) is 0.0561. The summed E-state index contributed by atoms with van der Waals surface area (Å²) in [5.74, 6) is -13.9. The molecule has 1 aliphatic rings. The molecule has 2 aromatic rings. The first-order valence-corrected chi connectivity index (χ1v) is 25.8. The van der Waals surface area contributed by atoms with Gasteiger partial charge in [0.05, 0.1) is 0 Å². The average Bonchev–Trinajstić information content (AvgIpc) is 3.37. The molecule has 0 spiro atoms. The number of carboxylic acid groups (broad SMARTS) is 4. The fourth-order valence-electron chi connectivity index (χ4n) is 7.87. The van der Waals surface area contributed by atoms with Gasteiger partial charge in [-0.15, -0.1) is 0 Å². The highest BCUT2D eigenvalue weighted by molar-refractivity contribution is 6.84. The molecule has 19 heteroatoms. The molecule has 1 atom stereocenters. The van der Waals surface area contributed by atoms with E-state index in [0.29, 0.717) is 12.5 Å². The normalized spacial score (nSPS) is 15.9. The van der Waals surface area contributed by atoms with Gasteiger partial charge in [-0.2, -0.15) is 0 Å². The van der Waals surface area contributed by atoms with E-state index in [1.807, 2.05) is 34.9 Å². The first-order valence-electron chi connectivity index (χ1n) is 19.6. The number of fused-ring (bicyclic) bond motifs is 1. The van der Waals surface area contributed by atoms with Crippen LogP contribution in [0.5, 0.6) is 0 Å². The molecule has 0 aromatic heterocycles. The molecule has 8 N–H and O–H groups in total. The zero-order chi connectivity index (χ0) is 46.1. The molecule has 0 saturated carbocycles. The van der Waals surface area contributed by atoms with E-state index in [9.17, 15) is 48.6 Å². The van der Waals surface area contributed by atoms with Crippen LogP contribution >= 0.6 is 0 Å². The molecule has 2 aromatic carbocycles. The van der Waals surface area contributed by atoms with E-state index in [1.54, 1.807) is 12.1 Å². The maximum Gasteiger partial charge on any atom is 0.340 e. The van der Waals surface area contributed by atoms with Crippen molar-refractivity contribution in [3.63, 3.8) is 0 Å². The Bertz CT molecular complexity index is 1920. The van der Waals surface area contributed by atoms with Gasteiger partial charge in [-0.3, -0.25) is 19.2 Å². The van der Waals surface area contributed by atoms with Gasteiger partial charge in [0, 0.05) is 31.7 Å². The van der Waals surface area contributed by atoms with Crippen LogP contribution in [0.1, 0.15) is 70.1 Å². The maximum atomic E-state index is 13.3. The van der Waals surface area contributed by atoms with E-state index >= 15 is 0 Å². The average molecular weight is 873 g/mol. The van der Waals surface area contributed by atoms with E-state index in [1.165, 1.54) is 11.1 Å². The standard InChI is InChI=1S/C34H50N2O7Si2.C7H10N2O6/c1-9-10-21-44(5,6)43-45(7,8)22-13-20-35-28(37)34(30(39)40,31(41)42)29(38)36-25-18-16-24(17-19-25)33(4)23-32(2,3)26-14-11-12-15-27(26)33;1-8-3(10)7(5(12)13,6(14)15)4(11)9-2/h11-12,14-19H,9-10,13,20-23H2,1-8H3,(H,35,37)(H,36,38)(H,39,40)(H,41,42);1-2H3,(H,8,10)(H,9,11)(H,12,13)(H,14,15). The van der Waals surface area contributed by atoms with E-state index in [-0.39, 0.29) is 23.1 Å². The largest absolute Gasteiger partial charge is 0.480 e. The number of amides is 4. The molecule has 0 heterocycles. The smallest absolute Gasteiger partial charge is 0.340 e. The molecule has 0 aliphatic heterocycles. The Labute approximate surface area is 352 Å². The third-order valence-electron chi connectivity index (χ3n) is 10.9. The lowest BCUT2D eigenvalue weighted by molar-refractivity contribution is -0.175. The Hall–Kier alpha value is -5.41. The van der Waals surface area contributed by atoms with Gasteiger partial charge in [0.2, 0.25) is 0 Å². The second kappa shape index (κ2) is 19.8. The van der Waals surface area contributed by atoms with E-state index in [0.717, 1.165) is 45.0 Å². The number of carbonyl (C=O) groups excluding carboxylic acids is 4. The number of hydrogen-bond acceptors (Lipinski definition) is 9. The number of unbranched alkanes of at least 4 members (excludes halogenated alkanes) is 1. The topological polar surface area (TPSA) is 275 Å². The minimum absolute atomic E-state index is 0.0241. The molecule has 3 rings (SSSR count). The highest BCUT2D eigenvalue weighted by Crippen LogP contribution is 2.52. The van der Waals surface area contributed by atoms with Gasteiger partial charge in [0.25, 0.3) is 23.6 Å². The van der Waals surface area contributed by atoms with Crippen LogP contribution in [0.4, 0.5) is 5.69 Å². The van der Waals surface area contributed by atoms with Gasteiger partial charge in [0.15, 0.2) is 16.6 Å². The predicted octanol–water partition coefficient (Wildman–Crippen LogP) is 4.14. The summed E-state index contributed by atoms with van der Waals surface area (Å²) in [6.45, 7) is 17.4. The summed E-state index contributed by atoms with van der Waals surface area (Å²) in [6.07, 6.45) is 3.57. The third-order valence-corrected chi connectivity index (χ3v) is 18.4. The second-order valence-corrected chi connectivity index (χ2v) is 25.8. The lowest BCUT2D eigenvalue weighted by Crippen LogP contribution is -2.59. The first-order chi connectivity index (χ1) is 27.7. The van der Waals surface area contributed by atoms with Gasteiger partial charge in [0.1, 0.15) is 0 Å². The van der Waals surface area contributed by atoms with E-state index in [4.69, 9.17) is 14.3 Å². The summed E-state index contributed by atoms with van der Waals surface area (Å²) in [5.41, 5.74) is -3.13. The summed E-state index contributed by atoms with van der Waals surface area (Å²) < 4.78 is 6.57. The van der Waals surface area contributed by atoms with Crippen molar-refractivity contribution >= 4 is 69.8 Å². The number of rotatable bonds is 19. The Morgan fingerprint density at radius 3 is 1.52 bits per heavy atom.